The van der Waals surface area contributed by atoms with Gasteiger partial charge < -0.3 is 4.57 Å². The van der Waals surface area contributed by atoms with Gasteiger partial charge in [-0.25, -0.2) is 9.89 Å². The fourth-order valence-corrected chi connectivity index (χ4v) is 5.69. The molecule has 5 rings (SSSR count). The molecule has 2 aromatic carbocycles. The van der Waals surface area contributed by atoms with Crippen molar-refractivity contribution in [2.45, 2.75) is 44.8 Å². The minimum absolute atomic E-state index is 0.256. The third-order valence-electron chi connectivity index (χ3n) is 6.29. The summed E-state index contributed by atoms with van der Waals surface area (Å²) in [6.45, 7) is 5.29. The Balaban J connectivity index is 1.61. The molecule has 3 aromatic heterocycles. The highest BCUT2D eigenvalue weighted by molar-refractivity contribution is 7.99. The van der Waals surface area contributed by atoms with E-state index >= 15 is 0 Å². The van der Waals surface area contributed by atoms with E-state index in [1.54, 1.807) is 23.4 Å². The molecule has 186 valence electrons. The lowest BCUT2D eigenvalue weighted by Crippen LogP contribution is -2.38. The highest BCUT2D eigenvalue weighted by Crippen LogP contribution is 2.30. The highest BCUT2D eigenvalue weighted by atomic mass is 32.2. The van der Waals surface area contributed by atoms with Crippen LogP contribution in [0.3, 0.4) is 0 Å². The molecule has 0 atom stereocenters. The number of fused-ring (bicyclic) bond motifs is 2. The number of nitrogens with one attached hydrogen (secondary N) is 1. The summed E-state index contributed by atoms with van der Waals surface area (Å²) in [6, 6.07) is 14.6. The fourth-order valence-electron chi connectivity index (χ4n) is 4.59. The SMILES string of the molecule is CC(C)Cn1c(=O)n(C)c(=O)c2c(SCCCc3nnn[nH]3)n(Cc3cccc4ccccc34)cc21. The van der Waals surface area contributed by atoms with Gasteiger partial charge in [0, 0.05) is 32.8 Å². The van der Waals surface area contributed by atoms with Crippen LogP contribution in [0.2, 0.25) is 0 Å². The number of nitrogens with zero attached hydrogens (tertiary/aromatic N) is 6. The summed E-state index contributed by atoms with van der Waals surface area (Å²) in [6.07, 6.45) is 3.54. The molecule has 0 unspecified atom stereocenters. The monoisotopic (exact) mass is 503 g/mol. The summed E-state index contributed by atoms with van der Waals surface area (Å²) in [5, 5.41) is 17.8. The number of hydrogen-bond acceptors (Lipinski definition) is 6. The molecule has 1 N–H and O–H groups in total. The zero-order valence-electron chi connectivity index (χ0n) is 20.6. The molecule has 9 nitrogen and oxygen atoms in total. The second kappa shape index (κ2) is 10.1. The van der Waals surface area contributed by atoms with Crippen LogP contribution >= 0.6 is 11.8 Å². The summed E-state index contributed by atoms with van der Waals surface area (Å²) >= 11 is 1.64. The fraction of sp³-hybridized carbons (Fsp3) is 0.346. The standard InChI is InChI=1S/C26H29N7O2S/c1-17(2)14-33-21-16-32(15-19-10-6-9-18-8-4-5-11-20(18)19)25(23(21)24(34)31(3)26(33)35)36-13-7-12-22-27-29-30-28-22/h4-6,8-11,16-17H,7,12-15H2,1-3H3,(H,27,28,29,30). The van der Waals surface area contributed by atoms with Gasteiger partial charge in [-0.1, -0.05) is 56.3 Å². The van der Waals surface area contributed by atoms with E-state index in [0.29, 0.717) is 24.0 Å². The van der Waals surface area contributed by atoms with Crippen molar-refractivity contribution >= 4 is 33.4 Å². The molecule has 0 saturated carbocycles. The minimum Gasteiger partial charge on any atom is -0.336 e. The Morgan fingerprint density at radius 3 is 2.67 bits per heavy atom. The van der Waals surface area contributed by atoms with Crippen LogP contribution < -0.4 is 11.2 Å². The predicted octanol–water partition coefficient (Wildman–Crippen LogP) is 3.60. The number of H-pyrrole nitrogens is 1. The Labute approximate surface area is 212 Å². The zero-order chi connectivity index (χ0) is 25.2. The van der Waals surface area contributed by atoms with Crippen LogP contribution in [-0.2, 0) is 26.6 Å². The third-order valence-corrected chi connectivity index (χ3v) is 7.50. The Bertz CT molecular complexity index is 1630. The van der Waals surface area contributed by atoms with Gasteiger partial charge in [0.2, 0.25) is 0 Å². The Kier molecular flexibility index (Phi) is 6.77. The minimum atomic E-state index is -0.280. The average Bonchev–Trinajstić information content (AvgIpc) is 3.51. The Morgan fingerprint density at radius 2 is 1.89 bits per heavy atom. The molecule has 0 amide bonds. The number of rotatable bonds is 9. The van der Waals surface area contributed by atoms with Gasteiger partial charge in [-0.15, -0.1) is 16.9 Å². The summed E-state index contributed by atoms with van der Waals surface area (Å²) in [5.74, 6) is 1.78. The second-order valence-electron chi connectivity index (χ2n) is 9.41. The van der Waals surface area contributed by atoms with Crippen molar-refractivity contribution in [3.8, 4) is 0 Å². The van der Waals surface area contributed by atoms with E-state index < -0.39 is 0 Å². The quantitative estimate of drug-likeness (QED) is 0.244. The molecule has 0 saturated heterocycles. The lowest BCUT2D eigenvalue weighted by atomic mass is 10.0. The van der Waals surface area contributed by atoms with Crippen molar-refractivity contribution in [1.82, 2.24) is 34.3 Å². The van der Waals surface area contributed by atoms with Crippen molar-refractivity contribution in [2.75, 3.05) is 5.75 Å². The molecular formula is C26H29N7O2S. The van der Waals surface area contributed by atoms with E-state index in [1.807, 2.05) is 18.3 Å². The first kappa shape index (κ1) is 24.1. The van der Waals surface area contributed by atoms with Gasteiger partial charge in [-0.05, 0) is 44.9 Å². The van der Waals surface area contributed by atoms with Crippen molar-refractivity contribution in [3.63, 3.8) is 0 Å². The topological polar surface area (TPSA) is 103 Å². The van der Waals surface area contributed by atoms with Gasteiger partial charge in [0.15, 0.2) is 0 Å². The van der Waals surface area contributed by atoms with Crippen LogP contribution in [0.5, 0.6) is 0 Å². The van der Waals surface area contributed by atoms with Crippen LogP contribution in [0.1, 0.15) is 31.7 Å². The van der Waals surface area contributed by atoms with Crippen LogP contribution in [0.25, 0.3) is 21.7 Å². The van der Waals surface area contributed by atoms with E-state index in [0.717, 1.165) is 35.0 Å². The van der Waals surface area contributed by atoms with Crippen molar-refractivity contribution in [3.05, 3.63) is 80.9 Å². The van der Waals surface area contributed by atoms with Gasteiger partial charge >= 0.3 is 5.69 Å². The zero-order valence-corrected chi connectivity index (χ0v) is 21.5. The van der Waals surface area contributed by atoms with Gasteiger partial charge in [0.1, 0.15) is 5.82 Å². The number of tetrazole rings is 1. The van der Waals surface area contributed by atoms with Crippen LogP contribution in [0, 0.1) is 5.92 Å². The maximum atomic E-state index is 13.4. The number of aromatic amines is 1. The maximum absolute atomic E-state index is 13.4. The first-order valence-corrected chi connectivity index (χ1v) is 13.1. The number of benzene rings is 2. The summed E-state index contributed by atoms with van der Waals surface area (Å²) < 4.78 is 5.10. The summed E-state index contributed by atoms with van der Waals surface area (Å²) in [5.41, 5.74) is 1.32. The molecule has 0 spiro atoms. The molecule has 0 aliphatic rings. The molecule has 36 heavy (non-hydrogen) atoms. The summed E-state index contributed by atoms with van der Waals surface area (Å²) in [7, 11) is 1.56. The average molecular weight is 504 g/mol. The van der Waals surface area contributed by atoms with Crippen LogP contribution in [-0.4, -0.2) is 40.1 Å². The third kappa shape index (κ3) is 4.60. The Morgan fingerprint density at radius 1 is 1.08 bits per heavy atom. The first-order chi connectivity index (χ1) is 17.4. The number of thioether (sulfide) groups is 1. The second-order valence-corrected chi connectivity index (χ2v) is 10.5. The molecule has 0 aliphatic carbocycles. The molecule has 10 heteroatoms. The molecular weight excluding hydrogens is 474 g/mol. The van der Waals surface area contributed by atoms with Gasteiger partial charge in [-0.3, -0.25) is 13.9 Å². The predicted molar refractivity (Wildman–Crippen MR) is 143 cm³/mol. The van der Waals surface area contributed by atoms with Gasteiger partial charge in [0.05, 0.1) is 15.9 Å². The van der Waals surface area contributed by atoms with E-state index in [2.05, 4.69) is 69.4 Å². The largest absolute Gasteiger partial charge is 0.336 e. The molecule has 5 aromatic rings. The van der Waals surface area contributed by atoms with E-state index in [-0.39, 0.29) is 17.2 Å². The van der Waals surface area contributed by atoms with E-state index in [1.165, 1.54) is 15.3 Å². The normalized spacial score (nSPS) is 11.8. The lowest BCUT2D eigenvalue weighted by molar-refractivity contribution is 0.502. The molecule has 0 radical (unpaired) electrons. The van der Waals surface area contributed by atoms with E-state index in [9.17, 15) is 9.59 Å². The van der Waals surface area contributed by atoms with Crippen molar-refractivity contribution in [1.29, 1.82) is 0 Å². The highest BCUT2D eigenvalue weighted by Gasteiger charge is 2.21. The molecule has 0 aliphatic heterocycles. The number of aryl methyl sites for hydroxylation is 1. The maximum Gasteiger partial charge on any atom is 0.331 e. The van der Waals surface area contributed by atoms with Gasteiger partial charge in [-0.2, -0.15) is 0 Å². The Hall–Kier alpha value is -3.66. The number of aromatic nitrogens is 7. The van der Waals surface area contributed by atoms with Crippen molar-refractivity contribution in [2.24, 2.45) is 13.0 Å². The molecule has 3 heterocycles. The van der Waals surface area contributed by atoms with Crippen LogP contribution in [0.4, 0.5) is 0 Å². The number of hydrogen-bond donors (Lipinski definition) is 1. The molecule has 0 bridgehead atoms. The van der Waals surface area contributed by atoms with E-state index in [4.69, 9.17) is 0 Å². The first-order valence-electron chi connectivity index (χ1n) is 12.1. The van der Waals surface area contributed by atoms with Crippen molar-refractivity contribution < 1.29 is 0 Å². The van der Waals surface area contributed by atoms with Crippen LogP contribution in [0.15, 0.2) is 63.3 Å². The molecule has 0 fully saturated rings. The smallest absolute Gasteiger partial charge is 0.331 e. The summed E-state index contributed by atoms with van der Waals surface area (Å²) in [4.78, 5) is 26.5. The lowest BCUT2D eigenvalue weighted by Gasteiger charge is -2.12. The van der Waals surface area contributed by atoms with Gasteiger partial charge in [0.25, 0.3) is 5.56 Å².